The van der Waals surface area contributed by atoms with Crippen molar-refractivity contribution < 1.29 is 18.3 Å². The number of nitrogens with zero attached hydrogens (tertiary/aromatic N) is 6. The number of anilines is 2. The Kier molecular flexibility index (Phi) is 7.52. The highest BCUT2D eigenvalue weighted by Crippen LogP contribution is 2.51. The van der Waals surface area contributed by atoms with Gasteiger partial charge in [0.2, 0.25) is 0 Å². The fourth-order valence-electron chi connectivity index (χ4n) is 7.11. The van der Waals surface area contributed by atoms with Crippen LogP contribution in [0.15, 0.2) is 17.0 Å². The fourth-order valence-corrected chi connectivity index (χ4v) is 9.11. The molecule has 2 bridgehead atoms. The molecule has 9 rings (SSSR count). The highest BCUT2D eigenvalue weighted by molar-refractivity contribution is 7.97. The van der Waals surface area contributed by atoms with Crippen LogP contribution >= 0.6 is 23.3 Å². The van der Waals surface area contributed by atoms with Crippen LogP contribution in [0.3, 0.4) is 0 Å². The molecular formula is C30H36F2N8O2S2. The van der Waals surface area contributed by atoms with Crippen LogP contribution in [0.5, 0.6) is 6.01 Å². The molecule has 44 heavy (non-hydrogen) atoms. The van der Waals surface area contributed by atoms with Gasteiger partial charge in [-0.25, -0.2) is 13.8 Å². The van der Waals surface area contributed by atoms with Crippen molar-refractivity contribution in [1.29, 1.82) is 0 Å². The minimum absolute atomic E-state index is 0.196. The highest BCUT2D eigenvalue weighted by Gasteiger charge is 2.42. The number of morpholine rings is 1. The third kappa shape index (κ3) is 5.17. The van der Waals surface area contributed by atoms with Crippen LogP contribution in [0.4, 0.5) is 19.7 Å². The van der Waals surface area contributed by atoms with E-state index in [1.54, 1.807) is 25.1 Å². The van der Waals surface area contributed by atoms with Crippen LogP contribution in [0, 0.1) is 5.82 Å². The number of rotatable bonds is 4. The van der Waals surface area contributed by atoms with E-state index in [4.69, 9.17) is 25.2 Å². The van der Waals surface area contributed by atoms with E-state index >= 15 is 0 Å². The van der Waals surface area contributed by atoms with Crippen LogP contribution in [0.25, 0.3) is 22.0 Å². The van der Waals surface area contributed by atoms with Gasteiger partial charge in [-0.05, 0) is 68.8 Å². The number of nitrogen functional groups attached to an aromatic ring is 1. The summed E-state index contributed by atoms with van der Waals surface area (Å²) in [7, 11) is 1.59. The molecule has 4 unspecified atom stereocenters. The number of alkyl halides is 1. The van der Waals surface area contributed by atoms with Crippen molar-refractivity contribution >= 4 is 56.2 Å². The monoisotopic (exact) mass is 642 g/mol. The van der Waals surface area contributed by atoms with Gasteiger partial charge in [-0.1, -0.05) is 11.3 Å². The third-order valence-electron chi connectivity index (χ3n) is 9.27. The molecule has 1 aromatic carbocycles. The maximum Gasteiger partial charge on any atom is 0.318 e. The zero-order valence-corrected chi connectivity index (χ0v) is 26.2. The standard InChI is InChI=1S/C23H24FN7O2S2.C7H12FN/c1-32-23-27-16-6-17(14-4-5-15(24)19-18(14)28-22(25)34-19)31(11-2-3-11)35-20(16)21(29-23)30-12-7-26-8-13(30)10-33-9-12;8-6-4-7-2-1-3-9(7)5-6/h4-6,11-13,26H,2-3,7-10H2,1H3,(H2,25,28);6-7H,1-5H2. The van der Waals surface area contributed by atoms with Crippen LogP contribution in [-0.4, -0.2) is 101 Å². The number of nitrogens with two attached hydrogens (primary N) is 1. The van der Waals surface area contributed by atoms with Crippen molar-refractivity contribution in [3.63, 3.8) is 0 Å². The third-order valence-corrected chi connectivity index (χ3v) is 11.4. The Morgan fingerprint density at radius 1 is 1.07 bits per heavy atom. The van der Waals surface area contributed by atoms with Gasteiger partial charge in [0.1, 0.15) is 12.0 Å². The van der Waals surface area contributed by atoms with E-state index in [1.165, 1.54) is 30.2 Å². The molecule has 14 heteroatoms. The molecule has 5 fully saturated rings. The molecule has 10 nitrogen and oxygen atoms in total. The molecule has 1 aliphatic carbocycles. The average molecular weight is 643 g/mol. The van der Waals surface area contributed by atoms with Gasteiger partial charge in [-0.3, -0.25) is 4.90 Å². The summed E-state index contributed by atoms with van der Waals surface area (Å²) in [6.45, 7) is 4.85. The number of piperazine rings is 1. The van der Waals surface area contributed by atoms with Gasteiger partial charge >= 0.3 is 6.01 Å². The number of benzene rings is 1. The van der Waals surface area contributed by atoms with Gasteiger partial charge in [-0.15, -0.1) is 0 Å². The van der Waals surface area contributed by atoms with Crippen LogP contribution in [0.2, 0.25) is 0 Å². The molecule has 4 saturated heterocycles. The lowest BCUT2D eigenvalue weighted by atomic mass is 10.1. The summed E-state index contributed by atoms with van der Waals surface area (Å²) in [4.78, 5) is 19.7. The number of thiazole rings is 1. The molecule has 1 saturated carbocycles. The first-order valence-corrected chi connectivity index (χ1v) is 17.0. The van der Waals surface area contributed by atoms with Gasteiger partial charge in [0, 0.05) is 37.3 Å². The largest absolute Gasteiger partial charge is 0.467 e. The Hall–Kier alpha value is -2.78. The lowest BCUT2D eigenvalue weighted by Gasteiger charge is -2.47. The number of hydrogen-bond donors (Lipinski definition) is 2. The van der Waals surface area contributed by atoms with E-state index in [1.807, 2.05) is 0 Å². The second-order valence-corrected chi connectivity index (χ2v) is 14.3. The second-order valence-electron chi connectivity index (χ2n) is 12.3. The SMILES string of the molecule is COc1nc2c(c(N3C4CNCC3COC4)n1)SN(C1CC1)C(c1ccc(F)c3sc(N)nc13)=C2.FC1CC2CCCN2C1. The van der Waals surface area contributed by atoms with Crippen molar-refractivity contribution in [2.24, 2.45) is 0 Å². The molecule has 2 aromatic heterocycles. The van der Waals surface area contributed by atoms with E-state index in [0.29, 0.717) is 53.2 Å². The quantitative estimate of drug-likeness (QED) is 0.401. The minimum atomic E-state index is -0.518. The molecule has 3 aromatic rings. The molecule has 3 N–H and O–H groups in total. The fraction of sp³-hybridized carbons (Fsp3) is 0.567. The molecule has 0 amide bonds. The Balaban J connectivity index is 0.000000274. The predicted octanol–water partition coefficient (Wildman–Crippen LogP) is 4.17. The summed E-state index contributed by atoms with van der Waals surface area (Å²) in [5.41, 5.74) is 9.16. The average Bonchev–Trinajstić information content (AvgIpc) is 3.49. The minimum Gasteiger partial charge on any atom is -0.467 e. The van der Waals surface area contributed by atoms with E-state index in [0.717, 1.165) is 66.6 Å². The van der Waals surface area contributed by atoms with Gasteiger partial charge in [0.05, 0.1) is 58.9 Å². The number of fused-ring (bicyclic) bond motifs is 5. The number of nitrogens with one attached hydrogen (secondary N) is 1. The van der Waals surface area contributed by atoms with E-state index in [-0.39, 0.29) is 17.9 Å². The van der Waals surface area contributed by atoms with Crippen molar-refractivity contribution in [1.82, 2.24) is 29.5 Å². The molecule has 5 aliphatic heterocycles. The second kappa shape index (κ2) is 11.5. The number of ether oxygens (including phenoxy) is 2. The Bertz CT molecular complexity index is 1570. The smallest absolute Gasteiger partial charge is 0.318 e. The number of methoxy groups -OCH3 is 1. The van der Waals surface area contributed by atoms with Gasteiger partial charge < -0.3 is 29.7 Å². The first-order valence-electron chi connectivity index (χ1n) is 15.4. The maximum absolute atomic E-state index is 14.5. The molecule has 0 radical (unpaired) electrons. The van der Waals surface area contributed by atoms with E-state index < -0.39 is 6.17 Å². The van der Waals surface area contributed by atoms with Gasteiger partial charge in [0.25, 0.3) is 0 Å². The van der Waals surface area contributed by atoms with E-state index in [9.17, 15) is 8.78 Å². The highest BCUT2D eigenvalue weighted by atomic mass is 32.2. The van der Waals surface area contributed by atoms with Gasteiger partial charge in [0.15, 0.2) is 10.9 Å². The Labute approximate surface area is 263 Å². The number of halogens is 2. The normalized spacial score (nSPS) is 27.9. The summed E-state index contributed by atoms with van der Waals surface area (Å²) in [6.07, 6.45) is 7.08. The topological polar surface area (TPSA) is 105 Å². The molecule has 234 valence electrons. The summed E-state index contributed by atoms with van der Waals surface area (Å²) in [5.74, 6) is 0.582. The summed E-state index contributed by atoms with van der Waals surface area (Å²) >= 11 is 2.83. The van der Waals surface area contributed by atoms with E-state index in [2.05, 4.69) is 30.5 Å². The summed E-state index contributed by atoms with van der Waals surface area (Å²) in [6, 6.07) is 5.00. The lowest BCUT2D eigenvalue weighted by Crippen LogP contribution is -2.64. The van der Waals surface area contributed by atoms with Gasteiger partial charge in [-0.2, -0.15) is 9.97 Å². The van der Waals surface area contributed by atoms with Crippen molar-refractivity contribution in [2.45, 2.75) is 67.3 Å². The molecule has 7 heterocycles. The Morgan fingerprint density at radius 2 is 1.89 bits per heavy atom. The van der Waals surface area contributed by atoms with Crippen LogP contribution in [-0.2, 0) is 4.74 Å². The van der Waals surface area contributed by atoms with Crippen LogP contribution < -0.4 is 20.7 Å². The zero-order valence-electron chi connectivity index (χ0n) is 24.5. The first kappa shape index (κ1) is 28.7. The summed E-state index contributed by atoms with van der Waals surface area (Å²) < 4.78 is 41.3. The maximum atomic E-state index is 14.5. The summed E-state index contributed by atoms with van der Waals surface area (Å²) in [5, 5.41) is 3.87. The van der Waals surface area contributed by atoms with Crippen molar-refractivity contribution in [2.75, 3.05) is 57.1 Å². The Morgan fingerprint density at radius 3 is 2.64 bits per heavy atom. The molecule has 0 spiro atoms. The van der Waals surface area contributed by atoms with Crippen molar-refractivity contribution in [3.05, 3.63) is 29.2 Å². The molecule has 6 aliphatic rings. The first-order chi connectivity index (χ1) is 21.5. The lowest BCUT2D eigenvalue weighted by molar-refractivity contribution is 0.0518. The van der Waals surface area contributed by atoms with Crippen LogP contribution in [0.1, 0.15) is 43.4 Å². The molecule has 4 atom stereocenters. The van der Waals surface area contributed by atoms with Crippen molar-refractivity contribution in [3.8, 4) is 6.01 Å². The number of hydrogen-bond acceptors (Lipinski definition) is 12. The zero-order chi connectivity index (χ0) is 29.9. The molecular weight excluding hydrogens is 607 g/mol. The number of aromatic nitrogens is 3. The predicted molar refractivity (Wildman–Crippen MR) is 169 cm³/mol.